The van der Waals surface area contributed by atoms with Crippen LogP contribution in [0.15, 0.2) is 36.4 Å². The summed E-state index contributed by atoms with van der Waals surface area (Å²) in [6.45, 7) is 0. The van der Waals surface area contributed by atoms with Crippen molar-refractivity contribution in [2.45, 2.75) is 6.42 Å². The van der Waals surface area contributed by atoms with Crippen LogP contribution >= 0.6 is 0 Å². The number of methoxy groups -OCH3 is 1. The van der Waals surface area contributed by atoms with Gasteiger partial charge < -0.3 is 9.84 Å². The third kappa shape index (κ3) is 1.69. The van der Waals surface area contributed by atoms with Gasteiger partial charge in [-0.15, -0.1) is 0 Å². The SMILES string of the molecule is COC(=O)c1cccc2c1-c1c(cccc1C(=O)O)C2. The molecule has 0 aromatic heterocycles. The van der Waals surface area contributed by atoms with Gasteiger partial charge in [0.15, 0.2) is 0 Å². The molecule has 2 aromatic carbocycles. The smallest absolute Gasteiger partial charge is 0.338 e. The van der Waals surface area contributed by atoms with E-state index in [9.17, 15) is 14.7 Å². The molecule has 2 aromatic rings. The molecule has 100 valence electrons. The first kappa shape index (κ1) is 12.4. The molecule has 0 bridgehead atoms. The molecular weight excluding hydrogens is 256 g/mol. The fourth-order valence-corrected chi connectivity index (χ4v) is 2.75. The number of aromatic carboxylic acids is 1. The second-order valence-electron chi connectivity index (χ2n) is 4.65. The zero-order valence-corrected chi connectivity index (χ0v) is 10.8. The van der Waals surface area contributed by atoms with Crippen LogP contribution in [0.2, 0.25) is 0 Å². The third-order valence-electron chi connectivity index (χ3n) is 3.57. The summed E-state index contributed by atoms with van der Waals surface area (Å²) in [5.41, 5.74) is 3.84. The zero-order valence-electron chi connectivity index (χ0n) is 10.8. The summed E-state index contributed by atoms with van der Waals surface area (Å²) >= 11 is 0. The monoisotopic (exact) mass is 268 g/mol. The van der Waals surface area contributed by atoms with Crippen LogP contribution in [0.3, 0.4) is 0 Å². The lowest BCUT2D eigenvalue weighted by Gasteiger charge is -2.10. The summed E-state index contributed by atoms with van der Waals surface area (Å²) in [5.74, 6) is -1.44. The van der Waals surface area contributed by atoms with Gasteiger partial charge in [0.05, 0.1) is 18.2 Å². The van der Waals surface area contributed by atoms with E-state index < -0.39 is 11.9 Å². The van der Waals surface area contributed by atoms with E-state index in [1.807, 2.05) is 12.1 Å². The molecule has 0 radical (unpaired) electrons. The highest BCUT2D eigenvalue weighted by molar-refractivity contribution is 6.05. The fraction of sp³-hybridized carbons (Fsp3) is 0.125. The number of ether oxygens (including phenoxy) is 1. The third-order valence-corrected chi connectivity index (χ3v) is 3.57. The minimum absolute atomic E-state index is 0.220. The molecule has 0 atom stereocenters. The molecule has 0 heterocycles. The minimum Gasteiger partial charge on any atom is -0.478 e. The Bertz CT molecular complexity index is 731. The van der Waals surface area contributed by atoms with Gasteiger partial charge >= 0.3 is 11.9 Å². The Hall–Kier alpha value is -2.62. The second-order valence-corrected chi connectivity index (χ2v) is 4.65. The summed E-state index contributed by atoms with van der Waals surface area (Å²) in [5, 5.41) is 9.35. The van der Waals surface area contributed by atoms with Crippen molar-refractivity contribution in [2.75, 3.05) is 7.11 Å². The Morgan fingerprint density at radius 3 is 2.10 bits per heavy atom. The van der Waals surface area contributed by atoms with E-state index in [4.69, 9.17) is 4.74 Å². The van der Waals surface area contributed by atoms with Crippen LogP contribution in [-0.4, -0.2) is 24.2 Å². The van der Waals surface area contributed by atoms with Crippen molar-refractivity contribution in [1.82, 2.24) is 0 Å². The molecule has 1 aliphatic rings. The number of benzene rings is 2. The molecule has 0 aliphatic heterocycles. The maximum absolute atomic E-state index is 11.9. The molecule has 0 unspecified atom stereocenters. The Balaban J connectivity index is 2.33. The van der Waals surface area contributed by atoms with Crippen molar-refractivity contribution in [3.8, 4) is 11.1 Å². The van der Waals surface area contributed by atoms with Gasteiger partial charge in [0.25, 0.3) is 0 Å². The number of carboxylic acids is 1. The highest BCUT2D eigenvalue weighted by Gasteiger charge is 2.28. The van der Waals surface area contributed by atoms with Gasteiger partial charge in [-0.3, -0.25) is 0 Å². The largest absolute Gasteiger partial charge is 0.478 e. The maximum Gasteiger partial charge on any atom is 0.338 e. The number of carbonyl (C=O) groups is 2. The lowest BCUT2D eigenvalue weighted by molar-refractivity contribution is 0.0600. The summed E-state index contributed by atoms with van der Waals surface area (Å²) < 4.78 is 4.79. The summed E-state index contributed by atoms with van der Waals surface area (Å²) in [7, 11) is 1.32. The average Bonchev–Trinajstić information content (AvgIpc) is 2.84. The van der Waals surface area contributed by atoms with E-state index in [0.717, 1.165) is 11.1 Å². The fourth-order valence-electron chi connectivity index (χ4n) is 2.75. The van der Waals surface area contributed by atoms with Crippen molar-refractivity contribution in [3.63, 3.8) is 0 Å². The molecule has 0 amide bonds. The molecule has 4 nitrogen and oxygen atoms in total. The first-order valence-corrected chi connectivity index (χ1v) is 6.19. The topological polar surface area (TPSA) is 63.6 Å². The number of carbonyl (C=O) groups excluding carboxylic acids is 1. The Morgan fingerprint density at radius 2 is 1.55 bits per heavy atom. The van der Waals surface area contributed by atoms with Crippen LogP contribution in [0, 0.1) is 0 Å². The number of hydrogen-bond acceptors (Lipinski definition) is 3. The van der Waals surface area contributed by atoms with Crippen molar-refractivity contribution >= 4 is 11.9 Å². The van der Waals surface area contributed by atoms with E-state index in [1.165, 1.54) is 7.11 Å². The number of carboxylic acid groups (broad SMARTS) is 1. The lowest BCUT2D eigenvalue weighted by Crippen LogP contribution is -2.06. The predicted octanol–water partition coefficient (Wildman–Crippen LogP) is 2.74. The molecule has 1 aliphatic carbocycles. The molecule has 3 rings (SSSR count). The van der Waals surface area contributed by atoms with Crippen molar-refractivity contribution in [3.05, 3.63) is 58.7 Å². The van der Waals surface area contributed by atoms with Gasteiger partial charge in [-0.1, -0.05) is 24.3 Å². The number of hydrogen-bond donors (Lipinski definition) is 1. The molecular formula is C16H12O4. The average molecular weight is 268 g/mol. The number of rotatable bonds is 2. The second kappa shape index (κ2) is 4.49. The summed E-state index contributed by atoms with van der Waals surface area (Å²) in [6, 6.07) is 10.5. The molecule has 4 heteroatoms. The maximum atomic E-state index is 11.9. The molecule has 0 fully saturated rings. The van der Waals surface area contributed by atoms with Gasteiger partial charge in [0.2, 0.25) is 0 Å². The van der Waals surface area contributed by atoms with E-state index >= 15 is 0 Å². The van der Waals surface area contributed by atoms with Gasteiger partial charge in [-0.05, 0) is 29.7 Å². The number of esters is 1. The van der Waals surface area contributed by atoms with Gasteiger partial charge in [-0.25, -0.2) is 9.59 Å². The first-order valence-electron chi connectivity index (χ1n) is 6.19. The van der Waals surface area contributed by atoms with Crippen LogP contribution < -0.4 is 0 Å². The highest BCUT2D eigenvalue weighted by Crippen LogP contribution is 2.41. The van der Waals surface area contributed by atoms with Crippen molar-refractivity contribution in [1.29, 1.82) is 0 Å². The van der Waals surface area contributed by atoms with Gasteiger partial charge in [-0.2, -0.15) is 0 Å². The normalized spacial score (nSPS) is 11.7. The van der Waals surface area contributed by atoms with Crippen molar-refractivity contribution < 1.29 is 19.4 Å². The standard InChI is InChI=1S/C16H12O4/c1-20-16(19)12-7-3-5-10-8-9-4-2-6-11(15(17)18)13(9)14(10)12/h2-7H,8H2,1H3,(H,17,18). The van der Waals surface area contributed by atoms with E-state index in [1.54, 1.807) is 24.3 Å². The van der Waals surface area contributed by atoms with Crippen LogP contribution in [0.1, 0.15) is 31.8 Å². The van der Waals surface area contributed by atoms with Crippen LogP contribution in [0.25, 0.3) is 11.1 Å². The van der Waals surface area contributed by atoms with E-state index in [2.05, 4.69) is 0 Å². The van der Waals surface area contributed by atoms with E-state index in [0.29, 0.717) is 23.1 Å². The van der Waals surface area contributed by atoms with Crippen molar-refractivity contribution in [2.24, 2.45) is 0 Å². The highest BCUT2D eigenvalue weighted by atomic mass is 16.5. The van der Waals surface area contributed by atoms with Crippen LogP contribution in [-0.2, 0) is 11.2 Å². The van der Waals surface area contributed by atoms with E-state index in [-0.39, 0.29) is 5.56 Å². The Kier molecular flexibility index (Phi) is 2.79. The lowest BCUT2D eigenvalue weighted by atomic mass is 9.95. The molecule has 0 saturated carbocycles. The molecule has 1 N–H and O–H groups in total. The predicted molar refractivity (Wildman–Crippen MR) is 73.0 cm³/mol. The summed E-state index contributed by atoms with van der Waals surface area (Å²) in [6.07, 6.45) is 0.636. The zero-order chi connectivity index (χ0) is 14.3. The summed E-state index contributed by atoms with van der Waals surface area (Å²) in [4.78, 5) is 23.3. The molecule has 0 saturated heterocycles. The number of fused-ring (bicyclic) bond motifs is 3. The van der Waals surface area contributed by atoms with Gasteiger partial charge in [0, 0.05) is 11.1 Å². The van der Waals surface area contributed by atoms with Gasteiger partial charge in [0.1, 0.15) is 0 Å². The molecule has 20 heavy (non-hydrogen) atoms. The van der Waals surface area contributed by atoms with Crippen LogP contribution in [0.5, 0.6) is 0 Å². The quantitative estimate of drug-likeness (QED) is 0.726. The molecule has 0 spiro atoms. The first-order chi connectivity index (χ1) is 9.63. The Morgan fingerprint density at radius 1 is 1.00 bits per heavy atom. The minimum atomic E-state index is -0.991. The van der Waals surface area contributed by atoms with Crippen LogP contribution in [0.4, 0.5) is 0 Å². The Labute approximate surface area is 115 Å².